The van der Waals surface area contributed by atoms with E-state index in [9.17, 15) is 4.21 Å². The molecule has 0 aliphatic carbocycles. The van der Waals surface area contributed by atoms with Gasteiger partial charge in [0.2, 0.25) is 0 Å². The third kappa shape index (κ3) is 2.38. The lowest BCUT2D eigenvalue weighted by Crippen LogP contribution is -2.19. The van der Waals surface area contributed by atoms with Crippen molar-refractivity contribution in [2.45, 2.75) is 23.9 Å². The van der Waals surface area contributed by atoms with Gasteiger partial charge in [-0.2, -0.15) is 5.26 Å². The Bertz CT molecular complexity index is 495. The van der Waals surface area contributed by atoms with Gasteiger partial charge in [0.15, 0.2) is 0 Å². The lowest BCUT2D eigenvalue weighted by molar-refractivity contribution is 0.313. The van der Waals surface area contributed by atoms with Crippen LogP contribution in [0.1, 0.15) is 30.0 Å². The zero-order valence-corrected chi connectivity index (χ0v) is 10.8. The summed E-state index contributed by atoms with van der Waals surface area (Å²) in [6, 6.07) is 4.17. The van der Waals surface area contributed by atoms with Crippen LogP contribution in [0, 0.1) is 11.3 Å². The van der Waals surface area contributed by atoms with Crippen molar-refractivity contribution < 1.29 is 4.21 Å². The molecule has 0 spiro atoms. The maximum atomic E-state index is 11.7. The van der Waals surface area contributed by atoms with Gasteiger partial charge in [0.1, 0.15) is 11.1 Å². The van der Waals surface area contributed by atoms with Crippen LogP contribution < -0.4 is 0 Å². The standard InChI is InChI=1S/C12H15N3OS/c1-15-5-3-4-11(15)10-6-9(7-13)8-14-12(10)17(2)16/h6,8,11H,3-5H2,1-2H3. The first-order chi connectivity index (χ1) is 8.13. The van der Waals surface area contributed by atoms with Crippen LogP contribution in [0.15, 0.2) is 17.3 Å². The molecule has 2 atom stereocenters. The van der Waals surface area contributed by atoms with Gasteiger partial charge in [-0.25, -0.2) is 4.98 Å². The minimum Gasteiger partial charge on any atom is -0.299 e. The summed E-state index contributed by atoms with van der Waals surface area (Å²) in [7, 11) is 0.946. The van der Waals surface area contributed by atoms with Gasteiger partial charge in [-0.15, -0.1) is 0 Å². The second kappa shape index (κ2) is 4.94. The van der Waals surface area contributed by atoms with Gasteiger partial charge in [0, 0.05) is 24.1 Å². The van der Waals surface area contributed by atoms with Crippen LogP contribution in [-0.2, 0) is 10.8 Å². The van der Waals surface area contributed by atoms with Gasteiger partial charge < -0.3 is 0 Å². The van der Waals surface area contributed by atoms with Crippen molar-refractivity contribution in [3.8, 4) is 6.07 Å². The summed E-state index contributed by atoms with van der Waals surface area (Å²) in [5, 5.41) is 9.53. The molecule has 1 saturated heterocycles. The molecule has 17 heavy (non-hydrogen) atoms. The molecule has 1 aliphatic rings. The van der Waals surface area contributed by atoms with Gasteiger partial charge in [-0.3, -0.25) is 9.11 Å². The highest BCUT2D eigenvalue weighted by Gasteiger charge is 2.26. The second-order valence-electron chi connectivity index (χ2n) is 4.32. The van der Waals surface area contributed by atoms with Crippen molar-refractivity contribution in [3.05, 3.63) is 23.4 Å². The first kappa shape index (κ1) is 12.2. The largest absolute Gasteiger partial charge is 0.299 e. The third-order valence-corrected chi connectivity index (χ3v) is 4.05. The molecule has 0 amide bonds. The van der Waals surface area contributed by atoms with Crippen molar-refractivity contribution in [2.75, 3.05) is 19.8 Å². The van der Waals surface area contributed by atoms with E-state index in [2.05, 4.69) is 23.0 Å². The smallest absolute Gasteiger partial charge is 0.131 e. The molecule has 4 nitrogen and oxygen atoms in total. The minimum atomic E-state index is -1.11. The van der Waals surface area contributed by atoms with E-state index in [4.69, 9.17) is 5.26 Å². The molecule has 1 aromatic rings. The molecular formula is C12H15N3OS. The molecule has 90 valence electrons. The summed E-state index contributed by atoms with van der Waals surface area (Å²) in [4.78, 5) is 6.41. The van der Waals surface area contributed by atoms with Crippen molar-refractivity contribution in [1.82, 2.24) is 9.88 Å². The van der Waals surface area contributed by atoms with Crippen molar-refractivity contribution in [2.24, 2.45) is 0 Å². The van der Waals surface area contributed by atoms with E-state index in [-0.39, 0.29) is 6.04 Å². The lowest BCUT2D eigenvalue weighted by Gasteiger charge is -2.21. The monoisotopic (exact) mass is 249 g/mol. The molecule has 1 aromatic heterocycles. The first-order valence-electron chi connectivity index (χ1n) is 5.57. The van der Waals surface area contributed by atoms with Gasteiger partial charge in [-0.1, -0.05) is 0 Å². The quantitative estimate of drug-likeness (QED) is 0.796. The van der Waals surface area contributed by atoms with E-state index in [0.29, 0.717) is 10.6 Å². The number of hydrogen-bond donors (Lipinski definition) is 0. The van der Waals surface area contributed by atoms with Crippen LogP contribution in [0.3, 0.4) is 0 Å². The minimum absolute atomic E-state index is 0.245. The lowest BCUT2D eigenvalue weighted by atomic mass is 10.1. The van der Waals surface area contributed by atoms with E-state index in [1.54, 1.807) is 6.26 Å². The zero-order chi connectivity index (χ0) is 12.4. The molecule has 0 saturated carbocycles. The summed E-state index contributed by atoms with van der Waals surface area (Å²) in [5.74, 6) is 0. The Kier molecular flexibility index (Phi) is 3.55. The van der Waals surface area contributed by atoms with Gasteiger partial charge in [0.05, 0.1) is 16.4 Å². The number of aromatic nitrogens is 1. The summed E-state index contributed by atoms with van der Waals surface area (Å²) in [6.07, 6.45) is 5.30. The Hall–Kier alpha value is -1.25. The van der Waals surface area contributed by atoms with E-state index in [1.807, 2.05) is 6.07 Å². The van der Waals surface area contributed by atoms with Crippen molar-refractivity contribution in [3.63, 3.8) is 0 Å². The van der Waals surface area contributed by atoms with Crippen LogP contribution in [-0.4, -0.2) is 33.9 Å². The molecule has 5 heteroatoms. The molecule has 2 unspecified atom stereocenters. The highest BCUT2D eigenvalue weighted by Crippen LogP contribution is 2.33. The fourth-order valence-electron chi connectivity index (χ4n) is 2.31. The zero-order valence-electron chi connectivity index (χ0n) is 10.0. The average Bonchev–Trinajstić information content (AvgIpc) is 2.74. The number of likely N-dealkylation sites (tertiary alicyclic amines) is 1. The maximum absolute atomic E-state index is 11.7. The highest BCUT2D eigenvalue weighted by molar-refractivity contribution is 7.84. The summed E-state index contributed by atoms with van der Waals surface area (Å²) in [5.41, 5.74) is 1.49. The van der Waals surface area contributed by atoms with E-state index >= 15 is 0 Å². The second-order valence-corrected chi connectivity index (χ2v) is 5.62. The molecule has 0 N–H and O–H groups in total. The Balaban J connectivity index is 2.49. The summed E-state index contributed by atoms with van der Waals surface area (Å²) >= 11 is 0. The van der Waals surface area contributed by atoms with E-state index in [1.165, 1.54) is 6.20 Å². The third-order valence-electron chi connectivity index (χ3n) is 3.16. The Morgan fingerprint density at radius 2 is 2.41 bits per heavy atom. The van der Waals surface area contributed by atoms with Gasteiger partial charge >= 0.3 is 0 Å². The van der Waals surface area contributed by atoms with Gasteiger partial charge in [0.25, 0.3) is 0 Å². The molecule has 2 rings (SSSR count). The topological polar surface area (TPSA) is 57.0 Å². The van der Waals surface area contributed by atoms with E-state index < -0.39 is 10.8 Å². The average molecular weight is 249 g/mol. The number of rotatable bonds is 2. The van der Waals surface area contributed by atoms with E-state index in [0.717, 1.165) is 24.9 Å². The number of nitrogens with zero attached hydrogens (tertiary/aromatic N) is 3. The van der Waals surface area contributed by atoms with Crippen LogP contribution in [0.5, 0.6) is 0 Å². The van der Waals surface area contributed by atoms with Crippen LogP contribution >= 0.6 is 0 Å². The predicted octanol–water partition coefficient (Wildman–Crippen LogP) is 1.46. The summed E-state index contributed by atoms with van der Waals surface area (Å²) in [6.45, 7) is 1.04. The molecule has 1 fully saturated rings. The predicted molar refractivity (Wildman–Crippen MR) is 65.9 cm³/mol. The molecule has 1 aliphatic heterocycles. The number of pyridine rings is 1. The normalized spacial score (nSPS) is 22.3. The number of nitriles is 1. The Morgan fingerprint density at radius 1 is 1.65 bits per heavy atom. The fraction of sp³-hybridized carbons (Fsp3) is 0.500. The molecule has 0 radical (unpaired) electrons. The first-order valence-corrected chi connectivity index (χ1v) is 7.13. The van der Waals surface area contributed by atoms with Gasteiger partial charge in [-0.05, 0) is 32.5 Å². The fourth-order valence-corrected chi connectivity index (χ4v) is 3.04. The van der Waals surface area contributed by atoms with Crippen molar-refractivity contribution in [1.29, 1.82) is 5.26 Å². The molecule has 0 aromatic carbocycles. The summed E-state index contributed by atoms with van der Waals surface area (Å²) < 4.78 is 11.7. The molecule has 0 bridgehead atoms. The molecule has 2 heterocycles. The number of hydrogen-bond acceptors (Lipinski definition) is 4. The van der Waals surface area contributed by atoms with Crippen LogP contribution in [0.4, 0.5) is 0 Å². The van der Waals surface area contributed by atoms with Crippen molar-refractivity contribution >= 4 is 10.8 Å². The maximum Gasteiger partial charge on any atom is 0.131 e. The highest BCUT2D eigenvalue weighted by atomic mass is 32.2. The molecular weight excluding hydrogens is 234 g/mol. The van der Waals surface area contributed by atoms with Crippen LogP contribution in [0.2, 0.25) is 0 Å². The Morgan fingerprint density at radius 3 is 2.94 bits per heavy atom. The SMILES string of the molecule is CN1CCCC1c1cc(C#N)cnc1S(C)=O. The van der Waals surface area contributed by atoms with Crippen LogP contribution in [0.25, 0.3) is 0 Å². The Labute approximate surface area is 104 Å².